The fraction of sp³-hybridized carbons (Fsp3) is 0.316. The van der Waals surface area contributed by atoms with Gasteiger partial charge in [-0.3, -0.25) is 14.6 Å². The number of carbonyl (C=O) groups is 2. The number of Topliss-reactive ketones (excluding diaryl/α,β-unsaturated/α-hetero) is 2. The van der Waals surface area contributed by atoms with E-state index < -0.39 is 10.8 Å². The Bertz CT molecular complexity index is 1030. The van der Waals surface area contributed by atoms with E-state index in [4.69, 9.17) is 5.48 Å². The van der Waals surface area contributed by atoms with Crippen molar-refractivity contribution >= 4 is 11.6 Å². The molecule has 0 spiro atoms. The van der Waals surface area contributed by atoms with E-state index in [1.165, 1.54) is 0 Å². The molecule has 0 saturated heterocycles. The molecule has 5 rings (SSSR count). The van der Waals surface area contributed by atoms with E-state index >= 15 is 0 Å². The normalized spacial score (nSPS) is 34.0. The average molecular weight is 293 g/mol. The molecular formula is C19H15NO2. The van der Waals surface area contributed by atoms with Gasteiger partial charge in [-0.2, -0.15) is 0 Å². The molecule has 0 aliphatic heterocycles. The largest absolute Gasteiger partial charge is 0.300 e. The molecule has 22 heavy (non-hydrogen) atoms. The monoisotopic (exact) mass is 293 g/mol. The number of carbonyl (C=O) groups excluding carboxylic acids is 2. The lowest BCUT2D eigenvalue weighted by molar-refractivity contribution is -0.120. The molecule has 3 nitrogen and oxygen atoms in total. The van der Waals surface area contributed by atoms with Gasteiger partial charge in [-0.05, 0) is 17.2 Å². The fourth-order valence-electron chi connectivity index (χ4n) is 4.98. The number of pyridine rings is 1. The third kappa shape index (κ3) is 1.18. The van der Waals surface area contributed by atoms with Crippen molar-refractivity contribution in [1.29, 1.82) is 0 Å². The van der Waals surface area contributed by atoms with Gasteiger partial charge in [-0.1, -0.05) is 30.2 Å². The SMILES string of the molecule is [2H]c1c([2H])c([2H])c2c(c1[2H])-c1ncccc1C13CC(=O)CC21CC(=O)C3. The molecule has 0 bridgehead atoms. The van der Waals surface area contributed by atoms with Crippen LogP contribution in [-0.2, 0) is 20.4 Å². The van der Waals surface area contributed by atoms with E-state index in [-0.39, 0.29) is 61.4 Å². The van der Waals surface area contributed by atoms with E-state index in [1.54, 1.807) is 12.3 Å². The van der Waals surface area contributed by atoms with Crippen LogP contribution in [0.15, 0.2) is 42.5 Å². The van der Waals surface area contributed by atoms with Crippen LogP contribution < -0.4 is 0 Å². The summed E-state index contributed by atoms with van der Waals surface area (Å²) in [5.41, 5.74) is 0.389. The van der Waals surface area contributed by atoms with Crippen LogP contribution in [0, 0.1) is 0 Å². The summed E-state index contributed by atoms with van der Waals surface area (Å²) < 4.78 is 33.2. The number of rotatable bonds is 0. The number of benzene rings is 1. The van der Waals surface area contributed by atoms with E-state index in [0.29, 0.717) is 16.8 Å². The quantitative estimate of drug-likeness (QED) is 0.750. The Kier molecular flexibility index (Phi) is 1.52. The molecule has 0 amide bonds. The summed E-state index contributed by atoms with van der Waals surface area (Å²) in [6, 6.07) is 2.69. The fourth-order valence-corrected chi connectivity index (χ4v) is 4.98. The Morgan fingerprint density at radius 3 is 2.32 bits per heavy atom. The highest BCUT2D eigenvalue weighted by molar-refractivity contribution is 5.98. The molecule has 3 heteroatoms. The third-order valence-corrected chi connectivity index (χ3v) is 5.64. The van der Waals surface area contributed by atoms with Crippen LogP contribution in [0.25, 0.3) is 11.3 Å². The third-order valence-electron chi connectivity index (χ3n) is 5.64. The molecular weight excluding hydrogens is 274 g/mol. The van der Waals surface area contributed by atoms with Crippen LogP contribution in [0.5, 0.6) is 0 Å². The highest BCUT2D eigenvalue weighted by atomic mass is 16.1. The van der Waals surface area contributed by atoms with Crippen molar-refractivity contribution in [2.24, 2.45) is 0 Å². The van der Waals surface area contributed by atoms with E-state index in [0.717, 1.165) is 5.56 Å². The molecule has 0 atom stereocenters. The summed E-state index contributed by atoms with van der Waals surface area (Å²) in [7, 11) is 0. The maximum Gasteiger partial charge on any atom is 0.134 e. The van der Waals surface area contributed by atoms with Gasteiger partial charge in [0.2, 0.25) is 0 Å². The Morgan fingerprint density at radius 2 is 1.59 bits per heavy atom. The molecule has 0 N–H and O–H groups in total. The molecule has 1 aromatic heterocycles. The zero-order valence-corrected chi connectivity index (χ0v) is 11.8. The lowest BCUT2D eigenvalue weighted by Crippen LogP contribution is -2.43. The second-order valence-corrected chi connectivity index (χ2v) is 6.60. The average Bonchev–Trinajstić information content (AvgIpc) is 3.04. The van der Waals surface area contributed by atoms with Crippen LogP contribution in [0.1, 0.15) is 42.3 Å². The van der Waals surface area contributed by atoms with Gasteiger partial charge in [-0.15, -0.1) is 0 Å². The predicted octanol–water partition coefficient (Wildman–Crippen LogP) is 2.96. The van der Waals surface area contributed by atoms with Crippen LogP contribution >= 0.6 is 0 Å². The van der Waals surface area contributed by atoms with Gasteiger partial charge in [0, 0.05) is 48.3 Å². The molecule has 3 aliphatic rings. The van der Waals surface area contributed by atoms with Gasteiger partial charge >= 0.3 is 0 Å². The summed E-state index contributed by atoms with van der Waals surface area (Å²) in [6.45, 7) is 0. The first-order chi connectivity index (χ1) is 12.3. The second kappa shape index (κ2) is 3.72. The first-order valence-electron chi connectivity index (χ1n) is 9.42. The minimum absolute atomic E-state index is 0.0348. The molecule has 2 aromatic rings. The number of aromatic nitrogens is 1. The summed E-state index contributed by atoms with van der Waals surface area (Å²) in [6.07, 6.45) is 2.31. The maximum atomic E-state index is 12.6. The van der Waals surface area contributed by atoms with Crippen molar-refractivity contribution in [2.75, 3.05) is 0 Å². The lowest BCUT2D eigenvalue weighted by Gasteiger charge is -2.45. The van der Waals surface area contributed by atoms with Crippen LogP contribution in [0.2, 0.25) is 0 Å². The maximum absolute atomic E-state index is 12.6. The van der Waals surface area contributed by atoms with Crippen molar-refractivity contribution in [2.45, 2.75) is 36.5 Å². The van der Waals surface area contributed by atoms with Crippen LogP contribution in [0.3, 0.4) is 0 Å². The Hall–Kier alpha value is -2.29. The van der Waals surface area contributed by atoms with E-state index in [9.17, 15) is 9.59 Å². The predicted molar refractivity (Wildman–Crippen MR) is 81.5 cm³/mol. The summed E-state index contributed by atoms with van der Waals surface area (Å²) in [5.74, 6) is 0.0696. The molecule has 1 heterocycles. The summed E-state index contributed by atoms with van der Waals surface area (Å²) in [5, 5.41) is 0. The lowest BCUT2D eigenvalue weighted by atomic mass is 9.56. The van der Waals surface area contributed by atoms with E-state index in [1.807, 2.05) is 6.07 Å². The molecule has 0 unspecified atom stereocenters. The van der Waals surface area contributed by atoms with Crippen molar-refractivity contribution in [3.8, 4) is 11.3 Å². The number of hydrogen-bond acceptors (Lipinski definition) is 3. The topological polar surface area (TPSA) is 47.0 Å². The standard InChI is InChI=1S/C19H15NO2/c21-12-8-18-9-13(22)11-19(18,10-12)16-6-3-7-20-17(16)14-4-1-2-5-15(14)18/h1-7H,8-11H2/i1D,2D,4D,5D. The van der Waals surface area contributed by atoms with Crippen molar-refractivity contribution in [1.82, 2.24) is 4.98 Å². The zero-order chi connectivity index (χ0) is 18.4. The van der Waals surface area contributed by atoms with Crippen molar-refractivity contribution in [3.05, 3.63) is 53.6 Å². The number of ketones is 2. The van der Waals surface area contributed by atoms with E-state index in [2.05, 4.69) is 4.98 Å². The van der Waals surface area contributed by atoms with Crippen LogP contribution in [-0.4, -0.2) is 16.6 Å². The Balaban J connectivity index is 2.03. The zero-order valence-electron chi connectivity index (χ0n) is 15.8. The first kappa shape index (κ1) is 8.99. The minimum atomic E-state index is -0.886. The second-order valence-electron chi connectivity index (χ2n) is 6.60. The first-order valence-corrected chi connectivity index (χ1v) is 7.42. The highest BCUT2D eigenvalue weighted by Gasteiger charge is 2.67. The Labute approximate surface area is 134 Å². The van der Waals surface area contributed by atoms with Gasteiger partial charge in [0.25, 0.3) is 0 Å². The highest BCUT2D eigenvalue weighted by Crippen LogP contribution is 2.66. The summed E-state index contributed by atoms with van der Waals surface area (Å²) in [4.78, 5) is 29.6. The van der Waals surface area contributed by atoms with Gasteiger partial charge in [0.05, 0.1) is 11.2 Å². The molecule has 2 fully saturated rings. The molecule has 108 valence electrons. The van der Waals surface area contributed by atoms with Gasteiger partial charge in [-0.25, -0.2) is 0 Å². The minimum Gasteiger partial charge on any atom is -0.300 e. The number of hydrogen-bond donors (Lipinski definition) is 0. The Morgan fingerprint density at radius 1 is 0.955 bits per heavy atom. The van der Waals surface area contributed by atoms with Crippen molar-refractivity contribution in [3.63, 3.8) is 0 Å². The molecule has 3 aliphatic carbocycles. The van der Waals surface area contributed by atoms with Crippen molar-refractivity contribution < 1.29 is 15.1 Å². The van der Waals surface area contributed by atoms with Gasteiger partial charge in [0.15, 0.2) is 0 Å². The smallest absolute Gasteiger partial charge is 0.134 e. The number of nitrogens with zero attached hydrogens (tertiary/aromatic N) is 1. The van der Waals surface area contributed by atoms with Gasteiger partial charge < -0.3 is 0 Å². The van der Waals surface area contributed by atoms with Gasteiger partial charge in [0.1, 0.15) is 11.6 Å². The molecule has 2 saturated carbocycles. The molecule has 0 radical (unpaired) electrons. The van der Waals surface area contributed by atoms with Crippen LogP contribution in [0.4, 0.5) is 0 Å². The summed E-state index contributed by atoms with van der Waals surface area (Å²) >= 11 is 0. The molecule has 1 aromatic carbocycles. The number of fused-ring (bicyclic) bond motifs is 3.